The van der Waals surface area contributed by atoms with Gasteiger partial charge in [0.15, 0.2) is 0 Å². The monoisotopic (exact) mass is 286 g/mol. The van der Waals surface area contributed by atoms with Crippen molar-refractivity contribution in [3.63, 3.8) is 0 Å². The Bertz CT molecular complexity index is 414. The van der Waals surface area contributed by atoms with E-state index in [-0.39, 0.29) is 62.7 Å². The van der Waals surface area contributed by atoms with Crippen molar-refractivity contribution in [3.8, 4) is 5.75 Å². The number of esters is 1. The Kier molecular flexibility index (Phi) is 8.23. The van der Waals surface area contributed by atoms with Crippen LogP contribution in [0.1, 0.15) is 10.4 Å². The number of halogens is 2. The van der Waals surface area contributed by atoms with Gasteiger partial charge in [0.1, 0.15) is 5.75 Å². The van der Waals surface area contributed by atoms with Crippen molar-refractivity contribution in [2.24, 2.45) is 5.84 Å². The first-order valence-electron chi connectivity index (χ1n) is 4.30. The zero-order valence-corrected chi connectivity index (χ0v) is 8.35. The molecule has 0 aromatic heterocycles. The predicted octanol–water partition coefficient (Wildman–Crippen LogP) is 0.380. The van der Waals surface area contributed by atoms with Gasteiger partial charge in [-0.1, -0.05) is 0 Å². The molecule has 1 rings (SSSR count). The van der Waals surface area contributed by atoms with Crippen LogP contribution >= 0.6 is 0 Å². The van der Waals surface area contributed by atoms with E-state index in [1.54, 1.807) is 5.43 Å². The molecule has 0 atom stereocenters. The van der Waals surface area contributed by atoms with Crippen molar-refractivity contribution in [2.75, 3.05) is 0 Å². The molecule has 3 N–H and O–H groups in total. The summed E-state index contributed by atoms with van der Waals surface area (Å²) in [6, 6.07) is 4.62. The van der Waals surface area contributed by atoms with Crippen LogP contribution in [-0.2, 0) is 4.74 Å². The fraction of sp³-hybridized carbons (Fsp3) is 0.111. The zero-order chi connectivity index (χ0) is 12.8. The number of hydrogen-bond donors (Lipinski definition) is 2. The molecule has 0 radical (unpaired) electrons. The van der Waals surface area contributed by atoms with Crippen LogP contribution in [0.2, 0.25) is 0 Å². The number of rotatable bonds is 3. The molecule has 0 unspecified atom stereocenters. The van der Waals surface area contributed by atoms with Gasteiger partial charge in [0.25, 0.3) is 0 Å². The molecule has 0 heterocycles. The third-order valence-corrected chi connectivity index (χ3v) is 1.62. The molecular weight excluding hydrogens is 277 g/mol. The number of ether oxygens (including phenoxy) is 2. The summed E-state index contributed by atoms with van der Waals surface area (Å²) in [5.41, 5.74) is 1.59. The maximum absolute atomic E-state index is 11.8. The van der Waals surface area contributed by atoms with E-state index >= 15 is 0 Å². The van der Waals surface area contributed by atoms with Crippen LogP contribution in [0.4, 0.5) is 13.6 Å². The van der Waals surface area contributed by atoms with Crippen LogP contribution in [0.15, 0.2) is 24.3 Å². The van der Waals surface area contributed by atoms with Gasteiger partial charge in [-0.15, -0.1) is 0 Å². The molecule has 0 aliphatic carbocycles. The number of carbonyl (C=O) groups is 2. The summed E-state index contributed by atoms with van der Waals surface area (Å²) in [6.45, 7) is -2.95. The zero-order valence-electron chi connectivity index (χ0n) is 8.35. The molecule has 1 aromatic carbocycles. The molecule has 1 aromatic rings. The van der Waals surface area contributed by atoms with E-state index in [0.717, 1.165) is 12.1 Å². The molecule has 0 spiro atoms. The van der Waals surface area contributed by atoms with Crippen LogP contribution in [0.5, 0.6) is 5.75 Å². The number of benzene rings is 1. The third kappa shape index (κ3) is 5.84. The number of nitrogens with one attached hydrogen (secondary N) is 1. The predicted molar refractivity (Wildman–Crippen MR) is 58.4 cm³/mol. The van der Waals surface area contributed by atoms with Crippen LogP contribution in [0.3, 0.4) is 0 Å². The van der Waals surface area contributed by atoms with E-state index in [1.165, 1.54) is 12.1 Å². The van der Waals surface area contributed by atoms with Crippen molar-refractivity contribution >= 4 is 63.4 Å². The van der Waals surface area contributed by atoms with Gasteiger partial charge in [0, 0.05) is 0 Å². The Hall–Kier alpha value is -0.584. The molecule has 0 bridgehead atoms. The average molecular weight is 286 g/mol. The minimum absolute atomic E-state index is 0. The fourth-order valence-electron chi connectivity index (χ4n) is 0.945. The van der Waals surface area contributed by atoms with Crippen molar-refractivity contribution in [3.05, 3.63) is 29.8 Å². The van der Waals surface area contributed by atoms with Gasteiger partial charge in [-0.25, -0.2) is 15.4 Å². The van der Waals surface area contributed by atoms with Gasteiger partial charge < -0.3 is 9.47 Å². The van der Waals surface area contributed by atoms with Crippen LogP contribution in [0.25, 0.3) is 0 Å². The summed E-state index contributed by atoms with van der Waals surface area (Å²) in [5.74, 6) is 3.62. The summed E-state index contributed by atoms with van der Waals surface area (Å²) in [7, 11) is 0. The van der Waals surface area contributed by atoms with E-state index < -0.39 is 18.7 Å². The Morgan fingerprint density at radius 1 is 1.22 bits per heavy atom. The second-order valence-electron chi connectivity index (χ2n) is 2.72. The number of hydrogen-bond acceptors (Lipinski definition) is 5. The second kappa shape index (κ2) is 8.51. The normalized spacial score (nSPS) is 9.33. The van der Waals surface area contributed by atoms with Crippen LogP contribution in [-0.4, -0.2) is 70.1 Å². The molecule has 0 saturated carbocycles. The molecule has 1 amide bonds. The van der Waals surface area contributed by atoms with E-state index in [0.29, 0.717) is 0 Å². The molecule has 0 aliphatic rings. The minimum atomic E-state index is -2.95. The first kappa shape index (κ1) is 17.4. The Balaban J connectivity index is 0.00000289. The standard InChI is InChI=1S/C9H8F2N2O4.K.H/c10-8(11)16-6-3-1-5(2-4-6)7(14)17-9(15)13-12;;/h1-4,8H,12H2,(H,13,15);;. The molecule has 0 aliphatic heterocycles. The van der Waals surface area contributed by atoms with E-state index in [9.17, 15) is 18.4 Å². The van der Waals surface area contributed by atoms with Crippen molar-refractivity contribution < 1.29 is 27.8 Å². The molecule has 9 heteroatoms. The van der Waals surface area contributed by atoms with Crippen molar-refractivity contribution in [1.82, 2.24) is 5.43 Å². The summed E-state index contributed by atoms with van der Waals surface area (Å²) in [5, 5.41) is 0. The molecule has 6 nitrogen and oxygen atoms in total. The summed E-state index contributed by atoms with van der Waals surface area (Å²) >= 11 is 0. The molecule has 0 saturated heterocycles. The van der Waals surface area contributed by atoms with E-state index in [4.69, 9.17) is 5.84 Å². The quantitative estimate of drug-likeness (QED) is 0.209. The van der Waals surface area contributed by atoms with Crippen molar-refractivity contribution in [1.29, 1.82) is 0 Å². The second-order valence-corrected chi connectivity index (χ2v) is 2.72. The molecular formula is C9H9F2KN2O4. The van der Waals surface area contributed by atoms with Crippen LogP contribution in [0, 0.1) is 0 Å². The Morgan fingerprint density at radius 2 is 1.78 bits per heavy atom. The van der Waals surface area contributed by atoms with Gasteiger partial charge in [0.2, 0.25) is 0 Å². The maximum atomic E-state index is 11.8. The fourth-order valence-corrected chi connectivity index (χ4v) is 0.945. The summed E-state index contributed by atoms with van der Waals surface area (Å²) < 4.78 is 31.9. The van der Waals surface area contributed by atoms with E-state index in [1.807, 2.05) is 0 Å². The molecule has 0 fully saturated rings. The van der Waals surface area contributed by atoms with Gasteiger partial charge in [-0.2, -0.15) is 8.78 Å². The first-order chi connectivity index (χ1) is 8.02. The SMILES string of the molecule is NNC(=O)OC(=O)c1ccc(OC(F)F)cc1.[KH]. The number of carbonyl (C=O) groups excluding carboxylic acids is 2. The van der Waals surface area contributed by atoms with Gasteiger partial charge in [-0.05, 0) is 24.3 Å². The Morgan fingerprint density at radius 3 is 2.22 bits per heavy atom. The average Bonchev–Trinajstić information content (AvgIpc) is 2.28. The summed E-state index contributed by atoms with van der Waals surface area (Å²) in [6.07, 6.45) is -1.12. The number of nitrogens with two attached hydrogens (primary N) is 1. The molecule has 18 heavy (non-hydrogen) atoms. The van der Waals surface area contributed by atoms with Gasteiger partial charge in [0.05, 0.1) is 5.56 Å². The number of hydrazine groups is 1. The van der Waals surface area contributed by atoms with Crippen LogP contribution < -0.4 is 16.0 Å². The summed E-state index contributed by atoms with van der Waals surface area (Å²) in [4.78, 5) is 21.8. The third-order valence-electron chi connectivity index (χ3n) is 1.62. The van der Waals surface area contributed by atoms with Gasteiger partial charge >= 0.3 is 70.1 Å². The number of amides is 1. The number of alkyl halides is 2. The van der Waals surface area contributed by atoms with Crippen molar-refractivity contribution in [2.45, 2.75) is 6.61 Å². The molecule has 94 valence electrons. The van der Waals surface area contributed by atoms with Gasteiger partial charge in [-0.3, -0.25) is 5.43 Å². The van der Waals surface area contributed by atoms with E-state index in [2.05, 4.69) is 9.47 Å². The topological polar surface area (TPSA) is 90.6 Å². The first-order valence-corrected chi connectivity index (χ1v) is 4.30. The Labute approximate surface area is 143 Å².